The fourth-order valence-corrected chi connectivity index (χ4v) is 3.53. The average Bonchev–Trinajstić information content (AvgIpc) is 3.26. The second-order valence-corrected chi connectivity index (χ2v) is 6.61. The number of hydrogen-bond acceptors (Lipinski definition) is 5. The summed E-state index contributed by atoms with van der Waals surface area (Å²) in [5.74, 6) is -0.321. The van der Waals surface area contributed by atoms with Gasteiger partial charge in [-0.2, -0.15) is 0 Å². The van der Waals surface area contributed by atoms with E-state index in [0.717, 1.165) is 23.4 Å². The van der Waals surface area contributed by atoms with Gasteiger partial charge >= 0.3 is 0 Å². The van der Waals surface area contributed by atoms with E-state index >= 15 is 0 Å². The van der Waals surface area contributed by atoms with Crippen LogP contribution >= 0.6 is 11.3 Å². The van der Waals surface area contributed by atoms with Crippen LogP contribution in [0, 0.1) is 0 Å². The molecule has 7 heteroatoms. The molecule has 1 fully saturated rings. The second-order valence-electron chi connectivity index (χ2n) is 5.60. The van der Waals surface area contributed by atoms with E-state index in [4.69, 9.17) is 0 Å². The van der Waals surface area contributed by atoms with Crippen LogP contribution in [0.3, 0.4) is 0 Å². The molecule has 22 heavy (non-hydrogen) atoms. The van der Waals surface area contributed by atoms with Crippen molar-refractivity contribution in [3.8, 4) is 0 Å². The Labute approximate surface area is 131 Å². The maximum atomic E-state index is 12.5. The molecule has 2 aromatic rings. The number of amides is 2. The lowest BCUT2D eigenvalue weighted by atomic mass is 9.90. The van der Waals surface area contributed by atoms with Gasteiger partial charge in [-0.25, -0.2) is 0 Å². The minimum absolute atomic E-state index is 0.144. The van der Waals surface area contributed by atoms with E-state index in [0.29, 0.717) is 16.7 Å². The minimum atomic E-state index is -0.488. The molecule has 1 aliphatic carbocycles. The molecular weight excluding hydrogens is 300 g/mol. The molecule has 0 radical (unpaired) electrons. The molecule has 0 bridgehead atoms. The Kier molecular flexibility index (Phi) is 3.15. The van der Waals surface area contributed by atoms with E-state index in [9.17, 15) is 9.59 Å². The molecule has 1 aromatic carbocycles. The van der Waals surface area contributed by atoms with Crippen molar-refractivity contribution < 1.29 is 9.59 Å². The lowest BCUT2D eigenvalue weighted by Gasteiger charge is -2.24. The summed E-state index contributed by atoms with van der Waals surface area (Å²) in [7, 11) is 0. The summed E-state index contributed by atoms with van der Waals surface area (Å²) in [4.78, 5) is 24.3. The van der Waals surface area contributed by atoms with Crippen LogP contribution in [-0.4, -0.2) is 22.0 Å². The summed E-state index contributed by atoms with van der Waals surface area (Å²) >= 11 is 1.42. The van der Waals surface area contributed by atoms with Gasteiger partial charge in [-0.1, -0.05) is 29.5 Å². The third-order valence-electron chi connectivity index (χ3n) is 3.91. The van der Waals surface area contributed by atoms with Gasteiger partial charge in [0.05, 0.1) is 5.92 Å². The van der Waals surface area contributed by atoms with E-state index in [1.54, 1.807) is 0 Å². The number of fused-ring (bicyclic) bond motifs is 1. The van der Waals surface area contributed by atoms with E-state index in [-0.39, 0.29) is 18.2 Å². The number of rotatable bonds is 3. The highest BCUT2D eigenvalue weighted by molar-refractivity contribution is 7.15. The molecule has 1 aromatic heterocycles. The van der Waals surface area contributed by atoms with Gasteiger partial charge in [0.2, 0.25) is 16.9 Å². The predicted octanol–water partition coefficient (Wildman–Crippen LogP) is 2.48. The lowest BCUT2D eigenvalue weighted by Crippen LogP contribution is -2.30. The van der Waals surface area contributed by atoms with Crippen molar-refractivity contribution >= 4 is 34.0 Å². The van der Waals surface area contributed by atoms with Crippen molar-refractivity contribution in [2.75, 3.05) is 10.6 Å². The molecule has 2 amide bonds. The van der Waals surface area contributed by atoms with Gasteiger partial charge in [0, 0.05) is 18.0 Å². The topological polar surface area (TPSA) is 84.0 Å². The summed E-state index contributed by atoms with van der Waals surface area (Å²) in [5, 5.41) is 15.2. The molecule has 2 N–H and O–H groups in total. The molecule has 2 aliphatic rings. The highest BCUT2D eigenvalue weighted by Crippen LogP contribution is 2.42. The van der Waals surface area contributed by atoms with Crippen molar-refractivity contribution in [3.05, 3.63) is 34.8 Å². The molecular formula is C15H14N4O2S. The molecule has 1 aliphatic heterocycles. The Morgan fingerprint density at radius 2 is 2.09 bits per heavy atom. The van der Waals surface area contributed by atoms with Crippen LogP contribution in [0.15, 0.2) is 24.3 Å². The Balaban J connectivity index is 1.55. The zero-order valence-electron chi connectivity index (χ0n) is 11.7. The summed E-state index contributed by atoms with van der Waals surface area (Å²) in [6.07, 6.45) is 2.45. The SMILES string of the molecule is O=C1C[C@@H](C(=O)Nc2nnc(C3CC3)s2)c2ccccc2N1. The van der Waals surface area contributed by atoms with E-state index in [2.05, 4.69) is 20.8 Å². The zero-order valence-corrected chi connectivity index (χ0v) is 12.5. The highest BCUT2D eigenvalue weighted by atomic mass is 32.1. The number of hydrogen-bond donors (Lipinski definition) is 2. The van der Waals surface area contributed by atoms with Crippen LogP contribution in [0.4, 0.5) is 10.8 Å². The maximum Gasteiger partial charge on any atom is 0.234 e. The van der Waals surface area contributed by atoms with Gasteiger partial charge in [-0.05, 0) is 24.5 Å². The van der Waals surface area contributed by atoms with Crippen molar-refractivity contribution in [1.82, 2.24) is 10.2 Å². The number of aromatic nitrogens is 2. The van der Waals surface area contributed by atoms with Crippen LogP contribution in [-0.2, 0) is 9.59 Å². The monoisotopic (exact) mass is 314 g/mol. The fraction of sp³-hybridized carbons (Fsp3) is 0.333. The summed E-state index contributed by atoms with van der Waals surface area (Å²) in [6.45, 7) is 0. The smallest absolute Gasteiger partial charge is 0.234 e. The Morgan fingerprint density at radius 1 is 1.27 bits per heavy atom. The molecule has 4 rings (SSSR count). The van der Waals surface area contributed by atoms with Crippen molar-refractivity contribution in [1.29, 1.82) is 0 Å². The Hall–Kier alpha value is -2.28. The zero-order chi connectivity index (χ0) is 15.1. The number of carbonyl (C=O) groups is 2. The third-order valence-corrected chi connectivity index (χ3v) is 4.91. The normalized spacial score (nSPS) is 20.2. The Morgan fingerprint density at radius 3 is 2.91 bits per heavy atom. The second kappa shape index (κ2) is 5.17. The molecule has 0 spiro atoms. The summed E-state index contributed by atoms with van der Waals surface area (Å²) in [6, 6.07) is 7.39. The highest BCUT2D eigenvalue weighted by Gasteiger charge is 2.32. The number of nitrogens with zero attached hydrogens (tertiary/aromatic N) is 2. The molecule has 0 unspecified atom stereocenters. The Bertz CT molecular complexity index is 754. The van der Waals surface area contributed by atoms with Gasteiger partial charge in [0.1, 0.15) is 5.01 Å². The first-order valence-corrected chi connectivity index (χ1v) is 8.05. The quantitative estimate of drug-likeness (QED) is 0.911. The lowest BCUT2D eigenvalue weighted by molar-refractivity contribution is -0.123. The van der Waals surface area contributed by atoms with Crippen molar-refractivity contribution in [2.24, 2.45) is 0 Å². The van der Waals surface area contributed by atoms with Gasteiger partial charge in [-0.15, -0.1) is 10.2 Å². The van der Waals surface area contributed by atoms with Crippen molar-refractivity contribution in [2.45, 2.75) is 31.1 Å². The van der Waals surface area contributed by atoms with E-state index in [1.807, 2.05) is 24.3 Å². The first-order valence-electron chi connectivity index (χ1n) is 7.24. The first kappa shape index (κ1) is 13.4. The predicted molar refractivity (Wildman–Crippen MR) is 82.9 cm³/mol. The molecule has 0 saturated heterocycles. The van der Waals surface area contributed by atoms with Crippen LogP contribution in [0.1, 0.15) is 41.7 Å². The largest absolute Gasteiger partial charge is 0.326 e. The standard InChI is InChI=1S/C15H14N4O2S/c20-12-7-10(9-3-1-2-4-11(9)16-12)13(21)17-15-19-18-14(22-15)8-5-6-8/h1-4,8,10H,5-7H2,(H,16,20)(H,17,19,21)/t10-/m1/s1. The van der Waals surface area contributed by atoms with Gasteiger partial charge < -0.3 is 5.32 Å². The first-order chi connectivity index (χ1) is 10.7. The van der Waals surface area contributed by atoms with Crippen LogP contribution in [0.2, 0.25) is 0 Å². The van der Waals surface area contributed by atoms with Crippen LogP contribution < -0.4 is 10.6 Å². The fourth-order valence-electron chi connectivity index (χ4n) is 2.62. The average molecular weight is 314 g/mol. The number of nitrogens with one attached hydrogen (secondary N) is 2. The number of para-hydroxylation sites is 1. The summed E-state index contributed by atoms with van der Waals surface area (Å²) in [5.41, 5.74) is 1.54. The van der Waals surface area contributed by atoms with Crippen LogP contribution in [0.25, 0.3) is 0 Å². The summed E-state index contributed by atoms with van der Waals surface area (Å²) < 4.78 is 0. The van der Waals surface area contributed by atoms with Gasteiger partial charge in [0.15, 0.2) is 0 Å². The van der Waals surface area contributed by atoms with Gasteiger partial charge in [-0.3, -0.25) is 14.9 Å². The minimum Gasteiger partial charge on any atom is -0.326 e. The molecule has 2 heterocycles. The number of anilines is 2. The van der Waals surface area contributed by atoms with Crippen molar-refractivity contribution in [3.63, 3.8) is 0 Å². The van der Waals surface area contributed by atoms with Crippen LogP contribution in [0.5, 0.6) is 0 Å². The molecule has 6 nitrogen and oxygen atoms in total. The van der Waals surface area contributed by atoms with E-state index in [1.165, 1.54) is 11.3 Å². The number of benzene rings is 1. The molecule has 1 saturated carbocycles. The maximum absolute atomic E-state index is 12.5. The third kappa shape index (κ3) is 2.48. The molecule has 1 atom stereocenters. The van der Waals surface area contributed by atoms with Gasteiger partial charge in [0.25, 0.3) is 0 Å². The molecule has 112 valence electrons. The van der Waals surface area contributed by atoms with E-state index < -0.39 is 5.92 Å². The number of carbonyl (C=O) groups excluding carboxylic acids is 2.